The summed E-state index contributed by atoms with van der Waals surface area (Å²) in [6.07, 6.45) is 6.26. The van der Waals surface area contributed by atoms with E-state index in [2.05, 4.69) is 15.3 Å². The van der Waals surface area contributed by atoms with Gasteiger partial charge in [0.05, 0.1) is 11.3 Å². The molecule has 2 aliphatic rings. The standard InChI is InChI=1S/C12H15N3O/c1-7-10(12(16)15-9-4-5-9)6-13-11(14-7)8-2-3-8/h6,8-9H,2-5H2,1H3,(H,15,16). The van der Waals surface area contributed by atoms with E-state index >= 15 is 0 Å². The molecule has 0 spiro atoms. The van der Waals surface area contributed by atoms with Gasteiger partial charge in [-0.25, -0.2) is 9.97 Å². The van der Waals surface area contributed by atoms with Gasteiger partial charge in [-0.15, -0.1) is 0 Å². The van der Waals surface area contributed by atoms with Gasteiger partial charge in [0.15, 0.2) is 0 Å². The fourth-order valence-electron chi connectivity index (χ4n) is 1.74. The fraction of sp³-hybridized carbons (Fsp3) is 0.583. The van der Waals surface area contributed by atoms with Gasteiger partial charge in [-0.3, -0.25) is 4.79 Å². The summed E-state index contributed by atoms with van der Waals surface area (Å²) in [5, 5.41) is 2.96. The Hall–Kier alpha value is -1.45. The van der Waals surface area contributed by atoms with Crippen LogP contribution in [0.1, 0.15) is 53.5 Å². The van der Waals surface area contributed by atoms with Gasteiger partial charge in [0.2, 0.25) is 0 Å². The minimum absolute atomic E-state index is 0.0256. The van der Waals surface area contributed by atoms with Crippen molar-refractivity contribution < 1.29 is 4.79 Å². The number of carbonyl (C=O) groups excluding carboxylic acids is 1. The minimum Gasteiger partial charge on any atom is -0.349 e. The molecule has 1 aromatic rings. The number of hydrogen-bond donors (Lipinski definition) is 1. The number of nitrogens with one attached hydrogen (secondary N) is 1. The molecule has 1 N–H and O–H groups in total. The van der Waals surface area contributed by atoms with Gasteiger partial charge >= 0.3 is 0 Å². The second-order valence-electron chi connectivity index (χ2n) is 4.75. The number of nitrogens with zero attached hydrogens (tertiary/aromatic N) is 2. The number of hydrogen-bond acceptors (Lipinski definition) is 3. The first kappa shape index (κ1) is 9.75. The number of amides is 1. The Labute approximate surface area is 94.5 Å². The highest BCUT2D eigenvalue weighted by Gasteiger charge is 2.28. The normalized spacial score (nSPS) is 19.6. The molecule has 1 heterocycles. The van der Waals surface area contributed by atoms with Gasteiger partial charge in [-0.1, -0.05) is 0 Å². The summed E-state index contributed by atoms with van der Waals surface area (Å²) in [7, 11) is 0. The number of aryl methyl sites for hydroxylation is 1. The summed E-state index contributed by atoms with van der Waals surface area (Å²) in [4.78, 5) is 20.5. The van der Waals surface area contributed by atoms with Crippen LogP contribution in [0.4, 0.5) is 0 Å². The molecule has 0 aliphatic heterocycles. The van der Waals surface area contributed by atoms with E-state index < -0.39 is 0 Å². The molecular formula is C12H15N3O. The Morgan fingerprint density at radius 2 is 2.12 bits per heavy atom. The maximum atomic E-state index is 11.8. The Morgan fingerprint density at radius 1 is 1.38 bits per heavy atom. The van der Waals surface area contributed by atoms with Crippen molar-refractivity contribution in [3.63, 3.8) is 0 Å². The molecule has 0 bridgehead atoms. The molecule has 0 saturated heterocycles. The maximum absolute atomic E-state index is 11.8. The highest BCUT2D eigenvalue weighted by molar-refractivity contribution is 5.95. The van der Waals surface area contributed by atoms with E-state index in [1.807, 2.05) is 6.92 Å². The van der Waals surface area contributed by atoms with Crippen LogP contribution >= 0.6 is 0 Å². The predicted octanol–water partition coefficient (Wildman–Crippen LogP) is 1.55. The van der Waals surface area contributed by atoms with Crippen molar-refractivity contribution in [2.75, 3.05) is 0 Å². The average Bonchev–Trinajstić information content (AvgIpc) is 3.12. The lowest BCUT2D eigenvalue weighted by atomic mass is 10.2. The first-order valence-corrected chi connectivity index (χ1v) is 5.88. The Kier molecular flexibility index (Phi) is 2.16. The third kappa shape index (κ3) is 1.92. The fourth-order valence-corrected chi connectivity index (χ4v) is 1.74. The van der Waals surface area contributed by atoms with Crippen molar-refractivity contribution in [1.29, 1.82) is 0 Å². The zero-order valence-electron chi connectivity index (χ0n) is 9.36. The zero-order chi connectivity index (χ0) is 11.1. The van der Waals surface area contributed by atoms with E-state index in [1.54, 1.807) is 6.20 Å². The summed E-state index contributed by atoms with van der Waals surface area (Å²) >= 11 is 0. The topological polar surface area (TPSA) is 54.9 Å². The van der Waals surface area contributed by atoms with E-state index in [9.17, 15) is 4.79 Å². The molecule has 4 heteroatoms. The summed E-state index contributed by atoms with van der Waals surface area (Å²) < 4.78 is 0. The highest BCUT2D eigenvalue weighted by atomic mass is 16.1. The second-order valence-corrected chi connectivity index (χ2v) is 4.75. The summed E-state index contributed by atoms with van der Waals surface area (Å²) in [6.45, 7) is 1.88. The average molecular weight is 217 g/mol. The quantitative estimate of drug-likeness (QED) is 0.835. The Morgan fingerprint density at radius 3 is 2.69 bits per heavy atom. The van der Waals surface area contributed by atoms with E-state index in [0.29, 0.717) is 17.5 Å². The predicted molar refractivity (Wildman–Crippen MR) is 59.2 cm³/mol. The second kappa shape index (κ2) is 3.54. The van der Waals surface area contributed by atoms with Crippen molar-refractivity contribution in [3.8, 4) is 0 Å². The van der Waals surface area contributed by atoms with Crippen LogP contribution in [-0.4, -0.2) is 21.9 Å². The SMILES string of the molecule is Cc1nc(C2CC2)ncc1C(=O)NC1CC1. The van der Waals surface area contributed by atoms with Gasteiger partial charge in [0.25, 0.3) is 5.91 Å². The van der Waals surface area contributed by atoms with Crippen LogP contribution in [0.5, 0.6) is 0 Å². The number of rotatable bonds is 3. The van der Waals surface area contributed by atoms with Crippen LogP contribution in [0, 0.1) is 6.92 Å². The molecule has 0 radical (unpaired) electrons. The first-order valence-electron chi connectivity index (χ1n) is 5.88. The van der Waals surface area contributed by atoms with Gasteiger partial charge < -0.3 is 5.32 Å². The van der Waals surface area contributed by atoms with E-state index in [1.165, 1.54) is 12.8 Å². The monoisotopic (exact) mass is 217 g/mol. The molecule has 16 heavy (non-hydrogen) atoms. The van der Waals surface area contributed by atoms with Crippen molar-refractivity contribution in [2.24, 2.45) is 0 Å². The van der Waals surface area contributed by atoms with Crippen LogP contribution in [0.2, 0.25) is 0 Å². The van der Waals surface area contributed by atoms with Gasteiger partial charge in [0, 0.05) is 18.2 Å². The molecule has 2 fully saturated rings. The zero-order valence-corrected chi connectivity index (χ0v) is 9.36. The number of carbonyl (C=O) groups is 1. The molecular weight excluding hydrogens is 202 g/mol. The van der Waals surface area contributed by atoms with E-state index in [4.69, 9.17) is 0 Å². The smallest absolute Gasteiger partial charge is 0.254 e. The largest absolute Gasteiger partial charge is 0.349 e. The summed E-state index contributed by atoms with van der Waals surface area (Å²) in [6, 6.07) is 0.384. The highest BCUT2D eigenvalue weighted by Crippen LogP contribution is 2.37. The first-order chi connectivity index (χ1) is 7.74. The van der Waals surface area contributed by atoms with Crippen LogP contribution in [0.15, 0.2) is 6.20 Å². The van der Waals surface area contributed by atoms with Gasteiger partial charge in [-0.2, -0.15) is 0 Å². The molecule has 0 atom stereocenters. The van der Waals surface area contributed by atoms with E-state index in [-0.39, 0.29) is 5.91 Å². The van der Waals surface area contributed by atoms with E-state index in [0.717, 1.165) is 24.4 Å². The summed E-state index contributed by atoms with van der Waals surface area (Å²) in [5.41, 5.74) is 1.42. The van der Waals surface area contributed by atoms with Crippen molar-refractivity contribution in [1.82, 2.24) is 15.3 Å². The van der Waals surface area contributed by atoms with Crippen molar-refractivity contribution in [2.45, 2.75) is 44.6 Å². The molecule has 2 aliphatic carbocycles. The molecule has 0 aromatic carbocycles. The van der Waals surface area contributed by atoms with Gasteiger partial charge in [0.1, 0.15) is 5.82 Å². The lowest BCUT2D eigenvalue weighted by Gasteiger charge is -2.06. The minimum atomic E-state index is -0.0256. The summed E-state index contributed by atoms with van der Waals surface area (Å²) in [5.74, 6) is 1.42. The molecule has 1 amide bonds. The van der Waals surface area contributed by atoms with Crippen molar-refractivity contribution in [3.05, 3.63) is 23.3 Å². The van der Waals surface area contributed by atoms with Crippen LogP contribution in [-0.2, 0) is 0 Å². The Balaban J connectivity index is 1.79. The maximum Gasteiger partial charge on any atom is 0.254 e. The number of aromatic nitrogens is 2. The van der Waals surface area contributed by atoms with Crippen molar-refractivity contribution >= 4 is 5.91 Å². The molecule has 4 nitrogen and oxygen atoms in total. The molecule has 0 unspecified atom stereocenters. The third-order valence-electron chi connectivity index (χ3n) is 3.10. The lowest BCUT2D eigenvalue weighted by Crippen LogP contribution is -2.26. The molecule has 84 valence electrons. The lowest BCUT2D eigenvalue weighted by molar-refractivity contribution is 0.0949. The molecule has 1 aromatic heterocycles. The van der Waals surface area contributed by atoms with Gasteiger partial charge in [-0.05, 0) is 32.6 Å². The van der Waals surface area contributed by atoms with Crippen LogP contribution in [0.25, 0.3) is 0 Å². The molecule has 2 saturated carbocycles. The van der Waals surface area contributed by atoms with Crippen LogP contribution in [0.3, 0.4) is 0 Å². The Bertz CT molecular complexity index is 436. The third-order valence-corrected chi connectivity index (χ3v) is 3.10. The molecule has 3 rings (SSSR count). The van der Waals surface area contributed by atoms with Crippen LogP contribution < -0.4 is 5.32 Å².